The second kappa shape index (κ2) is 9.96. The predicted molar refractivity (Wildman–Crippen MR) is 134 cm³/mol. The van der Waals surface area contributed by atoms with Crippen LogP contribution in [0, 0.1) is 0 Å². The molecule has 1 aliphatic heterocycles. The van der Waals surface area contributed by atoms with Gasteiger partial charge in [0.05, 0.1) is 18.0 Å². The molecule has 1 aliphatic rings. The molecule has 33 heavy (non-hydrogen) atoms. The topological polar surface area (TPSA) is 58.6 Å². The molecule has 0 saturated carbocycles. The van der Waals surface area contributed by atoms with Crippen LogP contribution in [-0.2, 0) is 9.59 Å². The van der Waals surface area contributed by atoms with Crippen LogP contribution in [0.15, 0.2) is 94.4 Å². The van der Waals surface area contributed by atoms with Crippen LogP contribution in [0.4, 0.5) is 11.4 Å². The Morgan fingerprint density at radius 1 is 0.879 bits per heavy atom. The van der Waals surface area contributed by atoms with Gasteiger partial charge in [-0.05, 0) is 54.8 Å². The number of imide groups is 1. The van der Waals surface area contributed by atoms with Crippen molar-refractivity contribution in [2.24, 2.45) is 0 Å². The van der Waals surface area contributed by atoms with Crippen molar-refractivity contribution >= 4 is 35.0 Å². The summed E-state index contributed by atoms with van der Waals surface area (Å²) in [5, 5.41) is 3.20. The normalized spacial score (nSPS) is 13.8. The van der Waals surface area contributed by atoms with Gasteiger partial charge >= 0.3 is 0 Å². The number of carbonyl (C=O) groups is 2. The van der Waals surface area contributed by atoms with Crippen LogP contribution in [0.25, 0.3) is 0 Å². The van der Waals surface area contributed by atoms with Gasteiger partial charge < -0.3 is 10.1 Å². The van der Waals surface area contributed by atoms with Crippen LogP contribution in [0.2, 0.25) is 0 Å². The lowest BCUT2D eigenvalue weighted by Gasteiger charge is -2.17. The number of ether oxygens (including phenoxy) is 1. The van der Waals surface area contributed by atoms with E-state index in [1.54, 1.807) is 0 Å². The SMILES string of the molecule is CCOc1ccccc1NC1=C(Sc2ccccc2)C(=O)N(c2ccc(C(C)C)cc2)C1=O. The first-order chi connectivity index (χ1) is 16.0. The minimum absolute atomic E-state index is 0.244. The number of benzene rings is 3. The molecule has 3 aromatic carbocycles. The minimum Gasteiger partial charge on any atom is -0.492 e. The van der Waals surface area contributed by atoms with Crippen LogP contribution in [0.5, 0.6) is 5.75 Å². The molecule has 1 N–H and O–H groups in total. The molecule has 3 aromatic rings. The highest BCUT2D eigenvalue weighted by Gasteiger charge is 2.40. The van der Waals surface area contributed by atoms with E-state index in [4.69, 9.17) is 4.74 Å². The third-order valence-electron chi connectivity index (χ3n) is 5.27. The zero-order valence-electron chi connectivity index (χ0n) is 18.9. The second-order valence-electron chi connectivity index (χ2n) is 7.87. The van der Waals surface area contributed by atoms with E-state index >= 15 is 0 Å². The summed E-state index contributed by atoms with van der Waals surface area (Å²) in [6.07, 6.45) is 0. The van der Waals surface area contributed by atoms with Crippen molar-refractivity contribution in [3.63, 3.8) is 0 Å². The molecule has 4 rings (SSSR count). The maximum atomic E-state index is 13.5. The van der Waals surface area contributed by atoms with Crippen molar-refractivity contribution in [3.8, 4) is 5.75 Å². The number of carbonyl (C=O) groups excluding carboxylic acids is 2. The Balaban J connectivity index is 1.73. The van der Waals surface area contributed by atoms with E-state index < -0.39 is 0 Å². The number of thioether (sulfide) groups is 1. The zero-order chi connectivity index (χ0) is 23.4. The first-order valence-corrected chi connectivity index (χ1v) is 11.8. The summed E-state index contributed by atoms with van der Waals surface area (Å²) in [5.41, 5.74) is 2.58. The third-order valence-corrected chi connectivity index (χ3v) is 6.36. The Morgan fingerprint density at radius 2 is 1.55 bits per heavy atom. The lowest BCUT2D eigenvalue weighted by Crippen LogP contribution is -2.32. The van der Waals surface area contributed by atoms with Gasteiger partial charge in [0.25, 0.3) is 11.8 Å². The summed E-state index contributed by atoms with van der Waals surface area (Å²) < 4.78 is 5.71. The lowest BCUT2D eigenvalue weighted by atomic mass is 10.0. The van der Waals surface area contributed by atoms with Crippen LogP contribution in [0.3, 0.4) is 0 Å². The van der Waals surface area contributed by atoms with Gasteiger partial charge in [-0.3, -0.25) is 9.59 Å². The fraction of sp³-hybridized carbons (Fsp3) is 0.185. The van der Waals surface area contributed by atoms with Crippen molar-refractivity contribution in [1.82, 2.24) is 0 Å². The fourth-order valence-corrected chi connectivity index (χ4v) is 4.50. The average Bonchev–Trinajstić information content (AvgIpc) is 3.05. The van der Waals surface area contributed by atoms with Gasteiger partial charge in [-0.2, -0.15) is 0 Å². The van der Waals surface area contributed by atoms with E-state index in [9.17, 15) is 9.59 Å². The molecular formula is C27H26N2O3S. The summed E-state index contributed by atoms with van der Waals surface area (Å²) in [7, 11) is 0. The molecule has 0 bridgehead atoms. The van der Waals surface area contributed by atoms with Gasteiger partial charge in [0, 0.05) is 4.90 Å². The molecular weight excluding hydrogens is 432 g/mol. The number of amides is 2. The molecule has 0 atom stereocenters. The number of nitrogens with zero attached hydrogens (tertiary/aromatic N) is 1. The Morgan fingerprint density at radius 3 is 2.21 bits per heavy atom. The molecule has 168 valence electrons. The summed E-state index contributed by atoms with van der Waals surface area (Å²) in [6.45, 7) is 6.61. The summed E-state index contributed by atoms with van der Waals surface area (Å²) in [6, 6.07) is 24.5. The smallest absolute Gasteiger partial charge is 0.283 e. The number of anilines is 2. The molecule has 5 nitrogen and oxygen atoms in total. The van der Waals surface area contributed by atoms with Gasteiger partial charge in [0.2, 0.25) is 0 Å². The van der Waals surface area contributed by atoms with Crippen LogP contribution < -0.4 is 15.0 Å². The molecule has 2 amide bonds. The quantitative estimate of drug-likeness (QED) is 0.408. The van der Waals surface area contributed by atoms with Crippen molar-refractivity contribution in [2.45, 2.75) is 31.6 Å². The Bertz CT molecular complexity index is 1190. The Hall–Kier alpha value is -3.51. The van der Waals surface area contributed by atoms with Crippen molar-refractivity contribution in [1.29, 1.82) is 0 Å². The maximum Gasteiger partial charge on any atom is 0.283 e. The number of nitrogens with one attached hydrogen (secondary N) is 1. The highest BCUT2D eigenvalue weighted by Crippen LogP contribution is 2.39. The molecule has 0 unspecified atom stereocenters. The summed E-state index contributed by atoms with van der Waals surface area (Å²) in [4.78, 5) is 29.5. The number of para-hydroxylation sites is 2. The second-order valence-corrected chi connectivity index (χ2v) is 8.95. The van der Waals surface area contributed by atoms with Crippen LogP contribution >= 0.6 is 11.8 Å². The average molecular weight is 459 g/mol. The van der Waals surface area contributed by atoms with Crippen molar-refractivity contribution in [3.05, 3.63) is 95.0 Å². The van der Waals surface area contributed by atoms with Gasteiger partial charge in [-0.15, -0.1) is 0 Å². The van der Waals surface area contributed by atoms with Gasteiger partial charge in [0.15, 0.2) is 0 Å². The van der Waals surface area contributed by atoms with E-state index in [1.807, 2.05) is 85.8 Å². The zero-order valence-corrected chi connectivity index (χ0v) is 19.7. The summed E-state index contributed by atoms with van der Waals surface area (Å²) in [5.74, 6) is 0.250. The van der Waals surface area contributed by atoms with Gasteiger partial charge in [0.1, 0.15) is 16.4 Å². The predicted octanol–water partition coefficient (Wildman–Crippen LogP) is 6.20. The number of rotatable bonds is 8. The monoisotopic (exact) mass is 458 g/mol. The molecule has 0 aliphatic carbocycles. The van der Waals surface area contributed by atoms with Crippen molar-refractivity contribution in [2.75, 3.05) is 16.8 Å². The molecule has 0 radical (unpaired) electrons. The number of hydrogen-bond acceptors (Lipinski definition) is 5. The molecule has 6 heteroatoms. The van der Waals surface area contributed by atoms with Gasteiger partial charge in [-0.25, -0.2) is 4.90 Å². The maximum absolute atomic E-state index is 13.5. The molecule has 0 spiro atoms. The Kier molecular flexibility index (Phi) is 6.84. The van der Waals surface area contributed by atoms with Crippen LogP contribution in [0.1, 0.15) is 32.3 Å². The van der Waals surface area contributed by atoms with Crippen LogP contribution in [-0.4, -0.2) is 18.4 Å². The first kappa shape index (κ1) is 22.7. The third kappa shape index (κ3) is 4.81. The molecule has 0 saturated heterocycles. The largest absolute Gasteiger partial charge is 0.492 e. The highest BCUT2D eigenvalue weighted by molar-refractivity contribution is 8.04. The molecule has 0 aromatic heterocycles. The van der Waals surface area contributed by atoms with E-state index in [0.29, 0.717) is 34.6 Å². The first-order valence-electron chi connectivity index (χ1n) is 10.9. The lowest BCUT2D eigenvalue weighted by molar-refractivity contribution is -0.120. The highest BCUT2D eigenvalue weighted by atomic mass is 32.2. The fourth-order valence-electron chi connectivity index (χ4n) is 3.55. The van der Waals surface area contributed by atoms with E-state index in [0.717, 1.165) is 10.5 Å². The minimum atomic E-state index is -0.387. The van der Waals surface area contributed by atoms with E-state index in [2.05, 4.69) is 19.2 Å². The molecule has 0 fully saturated rings. The van der Waals surface area contributed by atoms with E-state index in [-0.39, 0.29) is 17.5 Å². The van der Waals surface area contributed by atoms with Gasteiger partial charge in [-0.1, -0.05) is 68.1 Å². The van der Waals surface area contributed by atoms with E-state index in [1.165, 1.54) is 16.7 Å². The number of hydrogen-bond donors (Lipinski definition) is 1. The summed E-state index contributed by atoms with van der Waals surface area (Å²) >= 11 is 1.28. The molecule has 1 heterocycles. The Labute approximate surface area is 198 Å². The van der Waals surface area contributed by atoms with Crippen molar-refractivity contribution < 1.29 is 14.3 Å². The standard InChI is InChI=1S/C27H26N2O3S/c1-4-32-23-13-9-8-12-22(23)28-24-25(33-21-10-6-5-7-11-21)27(31)29(26(24)30)20-16-14-19(15-17-20)18(2)3/h5-18,28H,4H2,1-3H3.